The van der Waals surface area contributed by atoms with E-state index in [0.717, 1.165) is 35.7 Å². The van der Waals surface area contributed by atoms with Gasteiger partial charge < -0.3 is 0 Å². The number of halogens is 1. The highest BCUT2D eigenvalue weighted by atomic mass is 79.9. The number of hydrogen-bond donors (Lipinski definition) is 0. The van der Waals surface area contributed by atoms with E-state index in [1.807, 2.05) is 24.3 Å². The van der Waals surface area contributed by atoms with Crippen molar-refractivity contribution in [2.24, 2.45) is 0 Å². The summed E-state index contributed by atoms with van der Waals surface area (Å²) >= 11 is 3.47. The maximum Gasteiger partial charge on any atom is 0.165 e. The van der Waals surface area contributed by atoms with Crippen LogP contribution < -0.4 is 0 Å². The summed E-state index contributed by atoms with van der Waals surface area (Å²) in [5, 5.41) is 0. The molecule has 4 heteroatoms. The number of benzene rings is 1. The monoisotopic (exact) mass is 350 g/mol. The minimum Gasteiger partial charge on any atom is -0.298 e. The van der Waals surface area contributed by atoms with Gasteiger partial charge in [-0.15, -0.1) is 0 Å². The van der Waals surface area contributed by atoms with Crippen LogP contribution in [0.15, 0.2) is 28.7 Å². The second-order valence-corrected chi connectivity index (χ2v) is 7.14. The summed E-state index contributed by atoms with van der Waals surface area (Å²) in [6.45, 7) is 6.72. The van der Waals surface area contributed by atoms with Crippen molar-refractivity contribution >= 4 is 21.7 Å². The average molecular weight is 351 g/mol. The van der Waals surface area contributed by atoms with E-state index in [1.54, 1.807) is 0 Å². The van der Waals surface area contributed by atoms with Crippen molar-refractivity contribution in [1.82, 2.24) is 9.80 Å². The van der Waals surface area contributed by atoms with Gasteiger partial charge in [0.1, 0.15) is 0 Å². The summed E-state index contributed by atoms with van der Waals surface area (Å²) in [4.78, 5) is 17.5. The Balaban J connectivity index is 1.57. The third-order valence-electron chi connectivity index (χ3n) is 4.87. The molecule has 114 valence electrons. The molecule has 0 N–H and O–H groups in total. The summed E-state index contributed by atoms with van der Waals surface area (Å²) in [5.41, 5.74) is 0.810. The van der Waals surface area contributed by atoms with E-state index in [9.17, 15) is 4.79 Å². The summed E-state index contributed by atoms with van der Waals surface area (Å²) in [6, 6.07) is 9.00. The van der Waals surface area contributed by atoms with Gasteiger partial charge >= 0.3 is 0 Å². The first-order valence-corrected chi connectivity index (χ1v) is 8.70. The molecule has 3 rings (SSSR count). The molecule has 0 aromatic heterocycles. The number of piperazine rings is 1. The molecule has 2 aliphatic rings. The van der Waals surface area contributed by atoms with Crippen LogP contribution in [0.25, 0.3) is 0 Å². The van der Waals surface area contributed by atoms with Crippen molar-refractivity contribution in [2.45, 2.75) is 38.3 Å². The Morgan fingerprint density at radius 2 is 2.14 bits per heavy atom. The van der Waals surface area contributed by atoms with Crippen LogP contribution in [0.2, 0.25) is 0 Å². The average Bonchev–Trinajstić information content (AvgIpc) is 2.92. The number of carbonyl (C=O) groups excluding carboxylic acids is 1. The predicted molar refractivity (Wildman–Crippen MR) is 88.7 cm³/mol. The first kappa shape index (κ1) is 15.2. The van der Waals surface area contributed by atoms with Crippen LogP contribution in [0.4, 0.5) is 0 Å². The van der Waals surface area contributed by atoms with E-state index in [2.05, 4.69) is 32.7 Å². The van der Waals surface area contributed by atoms with Gasteiger partial charge in [-0.2, -0.15) is 0 Å². The van der Waals surface area contributed by atoms with E-state index < -0.39 is 0 Å². The molecule has 0 amide bonds. The lowest BCUT2D eigenvalue weighted by atomic mass is 10.1. The second-order valence-electron chi connectivity index (χ2n) is 6.29. The zero-order valence-electron chi connectivity index (χ0n) is 12.6. The summed E-state index contributed by atoms with van der Waals surface area (Å²) in [6.07, 6.45) is 3.27. The van der Waals surface area contributed by atoms with Gasteiger partial charge in [0, 0.05) is 48.2 Å². The van der Waals surface area contributed by atoms with Gasteiger partial charge in [0.05, 0.1) is 0 Å². The van der Waals surface area contributed by atoms with E-state index in [4.69, 9.17) is 0 Å². The number of hydrogen-bond acceptors (Lipinski definition) is 3. The minimum absolute atomic E-state index is 0.239. The molecule has 0 spiro atoms. The lowest BCUT2D eigenvalue weighted by Gasteiger charge is -2.42. The number of carbonyl (C=O) groups is 1. The summed E-state index contributed by atoms with van der Waals surface area (Å²) < 4.78 is 0.906. The highest BCUT2D eigenvalue weighted by molar-refractivity contribution is 9.10. The van der Waals surface area contributed by atoms with Gasteiger partial charge in [0.25, 0.3) is 0 Å². The molecule has 2 unspecified atom stereocenters. The first-order valence-electron chi connectivity index (χ1n) is 7.91. The Morgan fingerprint density at radius 1 is 1.33 bits per heavy atom. The van der Waals surface area contributed by atoms with Crippen LogP contribution in [0.5, 0.6) is 0 Å². The molecule has 0 saturated carbocycles. The van der Waals surface area contributed by atoms with Gasteiger partial charge in [0.15, 0.2) is 5.78 Å². The number of rotatable bonds is 4. The Hall–Kier alpha value is -0.710. The first-order chi connectivity index (χ1) is 10.1. The quantitative estimate of drug-likeness (QED) is 0.779. The Morgan fingerprint density at radius 3 is 2.95 bits per heavy atom. The van der Waals surface area contributed by atoms with Crippen molar-refractivity contribution in [1.29, 1.82) is 0 Å². The SMILES string of the molecule is CC1CN2CCCC2CN1CCC(=O)c1ccccc1Br. The Bertz CT molecular complexity index is 519. The standard InChI is InChI=1S/C17H23BrN2O/c1-13-11-20-9-4-5-14(20)12-19(13)10-8-17(21)15-6-2-3-7-16(15)18/h2-3,6-7,13-14H,4-5,8-12H2,1H3. The maximum absolute atomic E-state index is 12.4. The van der Waals surface area contributed by atoms with E-state index in [1.165, 1.54) is 19.4 Å². The summed E-state index contributed by atoms with van der Waals surface area (Å²) in [7, 11) is 0. The predicted octanol–water partition coefficient (Wildman–Crippen LogP) is 3.19. The van der Waals surface area contributed by atoms with Gasteiger partial charge in [-0.3, -0.25) is 14.6 Å². The lowest BCUT2D eigenvalue weighted by Crippen LogP contribution is -2.55. The second kappa shape index (κ2) is 6.59. The van der Waals surface area contributed by atoms with Gasteiger partial charge in [-0.1, -0.05) is 34.1 Å². The van der Waals surface area contributed by atoms with Crippen LogP contribution >= 0.6 is 15.9 Å². The molecule has 2 atom stereocenters. The largest absolute Gasteiger partial charge is 0.298 e. The number of nitrogens with zero attached hydrogens (tertiary/aromatic N) is 2. The maximum atomic E-state index is 12.4. The number of ketones is 1. The van der Waals surface area contributed by atoms with Crippen molar-refractivity contribution in [3.05, 3.63) is 34.3 Å². The minimum atomic E-state index is 0.239. The van der Waals surface area contributed by atoms with Gasteiger partial charge in [-0.05, 0) is 32.4 Å². The third-order valence-corrected chi connectivity index (χ3v) is 5.56. The Kier molecular flexibility index (Phi) is 4.77. The topological polar surface area (TPSA) is 23.6 Å². The highest BCUT2D eigenvalue weighted by Gasteiger charge is 2.34. The molecule has 0 bridgehead atoms. The molecule has 0 radical (unpaired) electrons. The summed E-state index contributed by atoms with van der Waals surface area (Å²) in [5.74, 6) is 0.239. The molecule has 21 heavy (non-hydrogen) atoms. The molecule has 1 aromatic carbocycles. The van der Waals surface area contributed by atoms with Gasteiger partial charge in [0.2, 0.25) is 0 Å². The van der Waals surface area contributed by atoms with Crippen molar-refractivity contribution in [3.63, 3.8) is 0 Å². The highest BCUT2D eigenvalue weighted by Crippen LogP contribution is 2.25. The van der Waals surface area contributed by atoms with Gasteiger partial charge in [-0.25, -0.2) is 0 Å². The normalized spacial score (nSPS) is 26.8. The molecule has 2 aliphatic heterocycles. The van der Waals surface area contributed by atoms with E-state index in [-0.39, 0.29) is 5.78 Å². The van der Waals surface area contributed by atoms with Crippen LogP contribution in [0.1, 0.15) is 36.5 Å². The molecule has 0 aliphatic carbocycles. The van der Waals surface area contributed by atoms with Crippen LogP contribution in [-0.4, -0.2) is 53.8 Å². The lowest BCUT2D eigenvalue weighted by molar-refractivity contribution is 0.0567. The van der Waals surface area contributed by atoms with Crippen molar-refractivity contribution < 1.29 is 4.79 Å². The molecular formula is C17H23BrN2O. The smallest absolute Gasteiger partial charge is 0.165 e. The zero-order valence-corrected chi connectivity index (χ0v) is 14.2. The molecule has 2 saturated heterocycles. The molecular weight excluding hydrogens is 328 g/mol. The number of Topliss-reactive ketones (excluding diaryl/α,β-unsaturated/α-hetero) is 1. The van der Waals surface area contributed by atoms with Crippen LogP contribution in [0, 0.1) is 0 Å². The zero-order chi connectivity index (χ0) is 14.8. The van der Waals surface area contributed by atoms with Crippen molar-refractivity contribution in [3.8, 4) is 0 Å². The Labute approximate surface area is 135 Å². The van der Waals surface area contributed by atoms with Crippen LogP contribution in [0.3, 0.4) is 0 Å². The molecule has 1 aromatic rings. The fraction of sp³-hybridized carbons (Fsp3) is 0.588. The fourth-order valence-electron chi connectivity index (χ4n) is 3.63. The van der Waals surface area contributed by atoms with E-state index >= 15 is 0 Å². The van der Waals surface area contributed by atoms with Crippen molar-refractivity contribution in [2.75, 3.05) is 26.2 Å². The molecule has 3 nitrogen and oxygen atoms in total. The van der Waals surface area contributed by atoms with E-state index in [0.29, 0.717) is 12.5 Å². The fourth-order valence-corrected chi connectivity index (χ4v) is 4.13. The number of fused-ring (bicyclic) bond motifs is 1. The van der Waals surface area contributed by atoms with Crippen LogP contribution in [-0.2, 0) is 0 Å². The third kappa shape index (κ3) is 3.38. The molecule has 2 heterocycles. The molecule has 2 fully saturated rings.